The van der Waals surface area contributed by atoms with E-state index in [9.17, 15) is 4.79 Å². The van der Waals surface area contributed by atoms with Gasteiger partial charge in [0.05, 0.1) is 18.1 Å². The van der Waals surface area contributed by atoms with Gasteiger partial charge in [-0.2, -0.15) is 0 Å². The van der Waals surface area contributed by atoms with E-state index in [1.165, 1.54) is 6.20 Å². The molecule has 0 aliphatic heterocycles. The molecule has 14 heavy (non-hydrogen) atoms. The largest absolute Gasteiger partial charge is 0.319 e. The smallest absolute Gasteiger partial charge is 0.266 e. The normalized spacial score (nSPS) is 10.1. The summed E-state index contributed by atoms with van der Waals surface area (Å²) in [5.41, 5.74) is 2.48. The molecule has 0 bridgehead atoms. The molecule has 4 heteroatoms. The maximum absolute atomic E-state index is 11.0. The van der Waals surface area contributed by atoms with Crippen LogP contribution in [0.3, 0.4) is 0 Å². The summed E-state index contributed by atoms with van der Waals surface area (Å²) >= 11 is 0. The van der Waals surface area contributed by atoms with Crippen molar-refractivity contribution in [2.24, 2.45) is 0 Å². The van der Waals surface area contributed by atoms with Crippen LogP contribution in [0.25, 0.3) is 11.3 Å². The third kappa shape index (κ3) is 1.54. The molecule has 70 valence electrons. The first-order valence-corrected chi connectivity index (χ1v) is 4.22. The highest BCUT2D eigenvalue weighted by molar-refractivity contribution is 5.61. The zero-order chi connectivity index (χ0) is 9.97. The van der Waals surface area contributed by atoms with Gasteiger partial charge in [-0.15, -0.1) is 0 Å². The summed E-state index contributed by atoms with van der Waals surface area (Å²) in [6.07, 6.45) is 6.32. The highest BCUT2D eigenvalue weighted by Crippen LogP contribution is 2.17. The van der Waals surface area contributed by atoms with Gasteiger partial charge in [0, 0.05) is 18.0 Å². The monoisotopic (exact) mass is 187 g/mol. The fraction of sp³-hybridized carbons (Fsp3) is 0.100. The van der Waals surface area contributed by atoms with Crippen LogP contribution in [0, 0.1) is 6.92 Å². The molecule has 4 nitrogen and oxygen atoms in total. The van der Waals surface area contributed by atoms with E-state index in [1.54, 1.807) is 18.6 Å². The number of nitrogens with one attached hydrogen (secondary N) is 1. The summed E-state index contributed by atoms with van der Waals surface area (Å²) in [4.78, 5) is 21.6. The topological polar surface area (TPSA) is 58.6 Å². The number of pyridine rings is 1. The van der Waals surface area contributed by atoms with Crippen molar-refractivity contribution in [1.82, 2.24) is 15.0 Å². The third-order valence-electron chi connectivity index (χ3n) is 1.96. The molecule has 0 saturated carbocycles. The molecule has 0 saturated heterocycles. The Balaban J connectivity index is 2.61. The number of aromatic nitrogens is 3. The molecule has 0 unspecified atom stereocenters. The van der Waals surface area contributed by atoms with Gasteiger partial charge < -0.3 is 4.98 Å². The lowest BCUT2D eigenvalue weighted by molar-refractivity contribution is 1.13. The lowest BCUT2D eigenvalue weighted by atomic mass is 10.1. The first kappa shape index (κ1) is 8.62. The molecule has 0 radical (unpaired) electrons. The molecule has 2 aromatic heterocycles. The van der Waals surface area contributed by atoms with E-state index in [4.69, 9.17) is 0 Å². The first-order chi connectivity index (χ1) is 6.77. The van der Waals surface area contributed by atoms with E-state index in [2.05, 4.69) is 15.0 Å². The molecule has 0 aliphatic rings. The highest BCUT2D eigenvalue weighted by Gasteiger charge is 2.01. The van der Waals surface area contributed by atoms with Crippen molar-refractivity contribution in [2.45, 2.75) is 6.92 Å². The second-order valence-electron chi connectivity index (χ2n) is 3.00. The summed E-state index contributed by atoms with van der Waals surface area (Å²) < 4.78 is 0. The van der Waals surface area contributed by atoms with Gasteiger partial charge >= 0.3 is 0 Å². The zero-order valence-electron chi connectivity index (χ0n) is 7.69. The molecule has 0 spiro atoms. The Hall–Kier alpha value is -1.97. The average molecular weight is 187 g/mol. The summed E-state index contributed by atoms with van der Waals surface area (Å²) in [7, 11) is 0. The number of hydrogen-bond acceptors (Lipinski definition) is 3. The van der Waals surface area contributed by atoms with Gasteiger partial charge in [0.25, 0.3) is 5.56 Å². The van der Waals surface area contributed by atoms with Crippen LogP contribution in [0.5, 0.6) is 0 Å². The maximum Gasteiger partial charge on any atom is 0.266 e. The van der Waals surface area contributed by atoms with Crippen molar-refractivity contribution < 1.29 is 0 Å². The Labute approximate surface area is 80.7 Å². The third-order valence-corrected chi connectivity index (χ3v) is 1.96. The molecule has 0 aliphatic carbocycles. The number of nitrogens with zero attached hydrogens (tertiary/aromatic N) is 2. The number of aromatic amines is 1. The van der Waals surface area contributed by atoms with Gasteiger partial charge in [-0.3, -0.25) is 14.8 Å². The molecular formula is C10H9N3O. The Morgan fingerprint density at radius 2 is 2.07 bits per heavy atom. The maximum atomic E-state index is 11.0. The van der Waals surface area contributed by atoms with Crippen LogP contribution in [0.15, 0.2) is 35.6 Å². The van der Waals surface area contributed by atoms with E-state index < -0.39 is 0 Å². The summed E-state index contributed by atoms with van der Waals surface area (Å²) in [5, 5.41) is 0. The summed E-state index contributed by atoms with van der Waals surface area (Å²) in [5.74, 6) is 0. The molecule has 2 rings (SSSR count). The fourth-order valence-electron chi connectivity index (χ4n) is 1.29. The van der Waals surface area contributed by atoms with Gasteiger partial charge in [-0.1, -0.05) is 0 Å². The van der Waals surface area contributed by atoms with Crippen LogP contribution in [0.2, 0.25) is 0 Å². The molecule has 0 aromatic carbocycles. The SMILES string of the molecule is Cc1cnccc1-c1cncc(=O)[nH]1. The van der Waals surface area contributed by atoms with Crippen molar-refractivity contribution >= 4 is 0 Å². The Kier molecular flexibility index (Phi) is 2.10. The quantitative estimate of drug-likeness (QED) is 0.728. The van der Waals surface area contributed by atoms with Crippen LogP contribution in [-0.4, -0.2) is 15.0 Å². The molecule has 0 fully saturated rings. The van der Waals surface area contributed by atoms with Gasteiger partial charge in [-0.25, -0.2) is 0 Å². The minimum absolute atomic E-state index is 0.196. The predicted octanol–water partition coefficient (Wildman–Crippen LogP) is 1.14. The first-order valence-electron chi connectivity index (χ1n) is 4.22. The second kappa shape index (κ2) is 3.41. The lowest BCUT2D eigenvalue weighted by Gasteiger charge is -2.02. The number of aryl methyl sites for hydroxylation is 1. The van der Waals surface area contributed by atoms with Crippen LogP contribution < -0.4 is 5.56 Å². The van der Waals surface area contributed by atoms with Crippen LogP contribution in [-0.2, 0) is 0 Å². The van der Waals surface area contributed by atoms with Gasteiger partial charge in [-0.05, 0) is 18.6 Å². The van der Waals surface area contributed by atoms with Crippen molar-refractivity contribution in [3.8, 4) is 11.3 Å². The Morgan fingerprint density at radius 3 is 2.79 bits per heavy atom. The second-order valence-corrected chi connectivity index (χ2v) is 3.00. The average Bonchev–Trinajstić information content (AvgIpc) is 2.18. The van der Waals surface area contributed by atoms with Crippen molar-refractivity contribution in [3.05, 3.63) is 46.8 Å². The van der Waals surface area contributed by atoms with Crippen LogP contribution in [0.1, 0.15) is 5.56 Å². The van der Waals surface area contributed by atoms with E-state index in [0.717, 1.165) is 16.8 Å². The molecular weight excluding hydrogens is 178 g/mol. The minimum Gasteiger partial charge on any atom is -0.319 e. The zero-order valence-corrected chi connectivity index (χ0v) is 7.69. The van der Waals surface area contributed by atoms with Crippen molar-refractivity contribution in [1.29, 1.82) is 0 Å². The minimum atomic E-state index is -0.196. The number of H-pyrrole nitrogens is 1. The number of rotatable bonds is 1. The molecule has 2 aromatic rings. The van der Waals surface area contributed by atoms with E-state index in [1.807, 2.05) is 13.0 Å². The lowest BCUT2D eigenvalue weighted by Crippen LogP contribution is -2.06. The molecule has 1 N–H and O–H groups in total. The van der Waals surface area contributed by atoms with Gasteiger partial charge in [0.1, 0.15) is 0 Å². The van der Waals surface area contributed by atoms with Gasteiger partial charge in [0.15, 0.2) is 0 Å². The molecule has 2 heterocycles. The van der Waals surface area contributed by atoms with Crippen molar-refractivity contribution in [2.75, 3.05) is 0 Å². The van der Waals surface area contributed by atoms with Gasteiger partial charge in [0.2, 0.25) is 0 Å². The van der Waals surface area contributed by atoms with Crippen molar-refractivity contribution in [3.63, 3.8) is 0 Å². The Bertz CT molecular complexity index is 504. The summed E-state index contributed by atoms with van der Waals surface area (Å²) in [6.45, 7) is 1.94. The van der Waals surface area contributed by atoms with E-state index in [-0.39, 0.29) is 5.56 Å². The van der Waals surface area contributed by atoms with Crippen LogP contribution in [0.4, 0.5) is 0 Å². The molecule has 0 amide bonds. The standard InChI is InChI=1S/C10H9N3O/c1-7-4-11-3-2-8(7)9-5-12-6-10(14)13-9/h2-6H,1H3,(H,13,14). The van der Waals surface area contributed by atoms with E-state index >= 15 is 0 Å². The summed E-state index contributed by atoms with van der Waals surface area (Å²) in [6, 6.07) is 1.85. The molecule has 0 atom stereocenters. The fourth-order valence-corrected chi connectivity index (χ4v) is 1.29. The van der Waals surface area contributed by atoms with E-state index in [0.29, 0.717) is 0 Å². The van der Waals surface area contributed by atoms with Crippen LogP contribution >= 0.6 is 0 Å². The Morgan fingerprint density at radius 1 is 1.21 bits per heavy atom. The number of hydrogen-bond donors (Lipinski definition) is 1. The predicted molar refractivity (Wildman–Crippen MR) is 52.8 cm³/mol. The highest BCUT2D eigenvalue weighted by atomic mass is 16.1.